The predicted octanol–water partition coefficient (Wildman–Crippen LogP) is 1.71. The molecule has 2 N–H and O–H groups in total. The summed E-state index contributed by atoms with van der Waals surface area (Å²) in [4.78, 5) is 28.3. The quantitative estimate of drug-likeness (QED) is 0.807. The van der Waals surface area contributed by atoms with Crippen LogP contribution in [0.4, 0.5) is 4.79 Å². The molecule has 1 saturated heterocycles. The Morgan fingerprint density at radius 2 is 2.00 bits per heavy atom. The number of nitrogens with zero attached hydrogens (tertiary/aromatic N) is 2. The first-order chi connectivity index (χ1) is 12.7. The number of likely N-dealkylation sites (tertiary alicyclic amines) is 1. The Morgan fingerprint density at radius 3 is 2.77 bits per heavy atom. The van der Waals surface area contributed by atoms with Gasteiger partial charge in [0.05, 0.1) is 12.3 Å². The zero-order valence-electron chi connectivity index (χ0n) is 14.7. The van der Waals surface area contributed by atoms with Crippen molar-refractivity contribution in [1.29, 1.82) is 0 Å². The van der Waals surface area contributed by atoms with Crippen LogP contribution in [0.2, 0.25) is 0 Å². The molecule has 2 amide bonds. The summed E-state index contributed by atoms with van der Waals surface area (Å²) >= 11 is 0. The number of hydrogen-bond acceptors (Lipinski definition) is 5. The highest BCUT2D eigenvalue weighted by Gasteiger charge is 2.34. The molecule has 7 nitrogen and oxygen atoms in total. The lowest BCUT2D eigenvalue weighted by atomic mass is 10.1. The summed E-state index contributed by atoms with van der Waals surface area (Å²) in [6, 6.07) is 0.0513. The van der Waals surface area contributed by atoms with Crippen molar-refractivity contribution in [1.82, 2.24) is 20.4 Å². The number of carbonyl (C=O) groups excluding carboxylic acids is 2. The third-order valence-electron chi connectivity index (χ3n) is 4.87. The fourth-order valence-corrected chi connectivity index (χ4v) is 3.57. The maximum atomic E-state index is 12.8. The van der Waals surface area contributed by atoms with Crippen LogP contribution in [0.25, 0.3) is 0 Å². The average Bonchev–Trinajstić information content (AvgIpc) is 3.04. The van der Waals surface area contributed by atoms with Crippen molar-refractivity contribution in [2.24, 2.45) is 0 Å². The molecule has 0 saturated carbocycles. The Balaban J connectivity index is 1.40. The van der Waals surface area contributed by atoms with Crippen LogP contribution in [0.5, 0.6) is 0 Å². The van der Waals surface area contributed by atoms with Gasteiger partial charge in [0.2, 0.25) is 0 Å². The van der Waals surface area contributed by atoms with Crippen LogP contribution in [-0.4, -0.2) is 47.5 Å². The highest BCUT2D eigenvalue weighted by Crippen LogP contribution is 2.34. The molecule has 26 heavy (non-hydrogen) atoms. The number of hydrogen-bond donors (Lipinski definition) is 2. The highest BCUT2D eigenvalue weighted by atomic mass is 16.6. The minimum atomic E-state index is -0.275. The molecule has 0 aromatic carbocycles. The van der Waals surface area contributed by atoms with Gasteiger partial charge in [0.15, 0.2) is 0 Å². The Bertz CT molecular complexity index is 783. The van der Waals surface area contributed by atoms with Crippen molar-refractivity contribution in [2.75, 3.05) is 19.7 Å². The Labute approximate surface area is 152 Å². The molecule has 1 fully saturated rings. The van der Waals surface area contributed by atoms with E-state index in [1.54, 1.807) is 11.8 Å². The molecule has 0 aliphatic carbocycles. The molecule has 4 rings (SSSR count). The molecule has 0 aromatic heterocycles. The van der Waals surface area contributed by atoms with E-state index in [-0.39, 0.29) is 18.0 Å². The van der Waals surface area contributed by atoms with Gasteiger partial charge in [0, 0.05) is 24.8 Å². The maximum absolute atomic E-state index is 12.8. The standard InChI is InChI=1S/C19H22N4O3/c1-2-26-19(25)22-11-9-13(10-12-22)20-18(24)17-15-7-3-5-14-6-4-8-16(21-17)23(14)15/h3-8,13,21H,2,9-12H2,1H3,(H,20,24). The number of ether oxygens (including phenoxy) is 1. The summed E-state index contributed by atoms with van der Waals surface area (Å²) in [5.74, 6) is 0.774. The Kier molecular flexibility index (Phi) is 4.28. The number of allylic oxidation sites excluding steroid dienone is 6. The molecule has 4 aliphatic heterocycles. The number of nitrogens with one attached hydrogen (secondary N) is 2. The molecule has 136 valence electrons. The van der Waals surface area contributed by atoms with Crippen molar-refractivity contribution < 1.29 is 14.3 Å². The van der Waals surface area contributed by atoms with Crippen molar-refractivity contribution >= 4 is 12.0 Å². The van der Waals surface area contributed by atoms with Gasteiger partial charge < -0.3 is 20.3 Å². The van der Waals surface area contributed by atoms with Crippen LogP contribution in [0.3, 0.4) is 0 Å². The van der Waals surface area contributed by atoms with E-state index in [2.05, 4.69) is 10.6 Å². The van der Waals surface area contributed by atoms with Gasteiger partial charge in [0.1, 0.15) is 11.5 Å². The number of rotatable bonds is 3. The summed E-state index contributed by atoms with van der Waals surface area (Å²) < 4.78 is 5.03. The molecular formula is C19H22N4O3. The third kappa shape index (κ3) is 2.89. The van der Waals surface area contributed by atoms with Crippen molar-refractivity contribution in [3.8, 4) is 0 Å². The highest BCUT2D eigenvalue weighted by molar-refractivity contribution is 5.95. The molecule has 0 atom stereocenters. The smallest absolute Gasteiger partial charge is 0.409 e. The zero-order chi connectivity index (χ0) is 18.1. The van der Waals surface area contributed by atoms with Gasteiger partial charge in [-0.2, -0.15) is 0 Å². The molecule has 0 unspecified atom stereocenters. The molecular weight excluding hydrogens is 332 g/mol. The fraction of sp³-hybridized carbons (Fsp3) is 0.368. The molecule has 4 heterocycles. The van der Waals surface area contributed by atoms with E-state index in [1.165, 1.54) is 0 Å². The minimum absolute atomic E-state index is 0.0513. The SMILES string of the molecule is CCOC(=O)N1CCC(NC(=O)C2=C3C=CC=C4C=CC=C(N2)N43)CC1. The summed E-state index contributed by atoms with van der Waals surface area (Å²) in [6.07, 6.45) is 13.0. The molecule has 7 heteroatoms. The van der Waals surface area contributed by atoms with Gasteiger partial charge in [0.25, 0.3) is 5.91 Å². The number of carbonyl (C=O) groups is 2. The van der Waals surface area contributed by atoms with Crippen molar-refractivity contribution in [3.05, 3.63) is 59.4 Å². The van der Waals surface area contributed by atoms with Crippen LogP contribution in [0.1, 0.15) is 19.8 Å². The van der Waals surface area contributed by atoms with Crippen molar-refractivity contribution in [2.45, 2.75) is 25.8 Å². The van der Waals surface area contributed by atoms with Crippen LogP contribution in [-0.2, 0) is 9.53 Å². The third-order valence-corrected chi connectivity index (χ3v) is 4.87. The molecule has 0 radical (unpaired) electrons. The van der Waals surface area contributed by atoms with E-state index in [0.29, 0.717) is 25.4 Å². The summed E-state index contributed by atoms with van der Waals surface area (Å²) in [6.45, 7) is 3.37. The Morgan fingerprint density at radius 1 is 1.23 bits per heavy atom. The molecule has 4 aliphatic rings. The molecule has 0 spiro atoms. The van der Waals surface area contributed by atoms with E-state index in [9.17, 15) is 9.59 Å². The van der Waals surface area contributed by atoms with Crippen LogP contribution < -0.4 is 10.6 Å². The monoisotopic (exact) mass is 354 g/mol. The fourth-order valence-electron chi connectivity index (χ4n) is 3.57. The topological polar surface area (TPSA) is 73.9 Å². The summed E-state index contributed by atoms with van der Waals surface area (Å²) in [5, 5.41) is 6.32. The molecule has 0 aromatic rings. The largest absolute Gasteiger partial charge is 0.450 e. The van der Waals surface area contributed by atoms with Crippen LogP contribution >= 0.6 is 0 Å². The predicted molar refractivity (Wildman–Crippen MR) is 96.2 cm³/mol. The Hall–Kier alpha value is -2.96. The van der Waals surface area contributed by atoms with Crippen LogP contribution in [0, 0.1) is 0 Å². The van der Waals surface area contributed by atoms with Gasteiger partial charge >= 0.3 is 6.09 Å². The first-order valence-electron chi connectivity index (χ1n) is 8.98. The second kappa shape index (κ2) is 6.74. The first kappa shape index (κ1) is 16.5. The lowest BCUT2D eigenvalue weighted by Crippen LogP contribution is -2.47. The number of piperidine rings is 1. The van der Waals surface area contributed by atoms with Gasteiger partial charge in [-0.05, 0) is 44.1 Å². The van der Waals surface area contributed by atoms with E-state index in [1.807, 2.05) is 41.4 Å². The van der Waals surface area contributed by atoms with Crippen molar-refractivity contribution in [3.63, 3.8) is 0 Å². The first-order valence-corrected chi connectivity index (χ1v) is 8.98. The number of amides is 2. The van der Waals surface area contributed by atoms with Gasteiger partial charge in [-0.15, -0.1) is 0 Å². The van der Waals surface area contributed by atoms with Crippen LogP contribution in [0.15, 0.2) is 59.4 Å². The summed E-state index contributed by atoms with van der Waals surface area (Å²) in [7, 11) is 0. The van der Waals surface area contributed by atoms with Gasteiger partial charge in [-0.25, -0.2) is 4.79 Å². The van der Waals surface area contributed by atoms with E-state index in [4.69, 9.17) is 4.74 Å². The average molecular weight is 354 g/mol. The maximum Gasteiger partial charge on any atom is 0.409 e. The van der Waals surface area contributed by atoms with E-state index >= 15 is 0 Å². The minimum Gasteiger partial charge on any atom is -0.450 e. The van der Waals surface area contributed by atoms with Gasteiger partial charge in [-0.3, -0.25) is 9.69 Å². The lowest BCUT2D eigenvalue weighted by molar-refractivity contribution is -0.118. The normalized spacial score (nSPS) is 21.1. The molecule has 0 bridgehead atoms. The van der Waals surface area contributed by atoms with Gasteiger partial charge in [-0.1, -0.05) is 12.2 Å². The summed E-state index contributed by atoms with van der Waals surface area (Å²) in [5.41, 5.74) is 2.47. The second-order valence-electron chi connectivity index (χ2n) is 6.52. The van der Waals surface area contributed by atoms with E-state index < -0.39 is 0 Å². The second-order valence-corrected chi connectivity index (χ2v) is 6.52. The van der Waals surface area contributed by atoms with E-state index in [0.717, 1.165) is 30.1 Å². The zero-order valence-corrected chi connectivity index (χ0v) is 14.7. The lowest BCUT2D eigenvalue weighted by Gasteiger charge is -2.31.